The molecule has 216 valence electrons. The van der Waals surface area contributed by atoms with Gasteiger partial charge in [-0.3, -0.25) is 9.78 Å². The Bertz CT molecular complexity index is 1430. The van der Waals surface area contributed by atoms with Gasteiger partial charge in [0.2, 0.25) is 12.2 Å². The van der Waals surface area contributed by atoms with Gasteiger partial charge < -0.3 is 19.9 Å². The van der Waals surface area contributed by atoms with Crippen LogP contribution in [-0.4, -0.2) is 46.1 Å². The molecule has 1 amide bonds. The summed E-state index contributed by atoms with van der Waals surface area (Å²) in [7, 11) is 0. The summed E-state index contributed by atoms with van der Waals surface area (Å²) in [6.07, 6.45) is -13.5. The Morgan fingerprint density at radius 3 is 1.71 bits per heavy atom. The lowest BCUT2D eigenvalue weighted by Gasteiger charge is -2.23. The molecule has 2 aromatic carbocycles. The van der Waals surface area contributed by atoms with Crippen LogP contribution in [0.15, 0.2) is 72.9 Å². The van der Waals surface area contributed by atoms with Gasteiger partial charge in [0.05, 0.1) is 34.5 Å². The number of benzene rings is 2. The summed E-state index contributed by atoms with van der Waals surface area (Å²) in [4.78, 5) is 54.2. The fraction of sp³-hybridized carbons (Fsp3) is 0.192. The molecule has 0 aliphatic heterocycles. The Morgan fingerprint density at radius 2 is 1.27 bits per heavy atom. The van der Waals surface area contributed by atoms with Crippen LogP contribution in [0.5, 0.6) is 0 Å². The van der Waals surface area contributed by atoms with Crippen LogP contribution in [0, 0.1) is 0 Å². The number of rotatable bonds is 9. The van der Waals surface area contributed by atoms with E-state index in [9.17, 15) is 50.6 Å². The van der Waals surface area contributed by atoms with Crippen LogP contribution in [0.1, 0.15) is 37.5 Å². The van der Waals surface area contributed by atoms with E-state index in [4.69, 9.17) is 9.47 Å². The van der Waals surface area contributed by atoms with Crippen molar-refractivity contribution in [2.24, 2.45) is 0 Å². The summed E-state index contributed by atoms with van der Waals surface area (Å²) in [5.41, 5.74) is -3.73. The number of amides is 1. The summed E-state index contributed by atoms with van der Waals surface area (Å²) in [6.45, 7) is -0.342. The highest BCUT2D eigenvalue weighted by molar-refractivity contribution is 5.97. The highest BCUT2D eigenvalue weighted by Gasteiger charge is 2.41. The number of hydrogen-bond acceptors (Lipinski definition) is 7. The number of esters is 2. The number of nitrogens with one attached hydrogen (secondary N) is 1. The number of carbonyl (C=O) groups excluding carboxylic acids is 3. The van der Waals surface area contributed by atoms with Gasteiger partial charge in [-0.25, -0.2) is 14.4 Å². The number of pyridine rings is 1. The molecule has 0 aliphatic carbocycles. The Hall–Kier alpha value is -4.95. The number of carboxylic acid groups (broad SMARTS) is 1. The number of alkyl halides is 6. The highest BCUT2D eigenvalue weighted by atomic mass is 19.4. The first-order valence-electron chi connectivity index (χ1n) is 11.3. The summed E-state index contributed by atoms with van der Waals surface area (Å²) in [5.74, 6) is -6.63. The molecule has 0 radical (unpaired) electrons. The topological polar surface area (TPSA) is 132 Å². The quantitative estimate of drug-likeness (QED) is 0.282. The Labute approximate surface area is 226 Å². The summed E-state index contributed by atoms with van der Waals surface area (Å²) >= 11 is 0. The van der Waals surface area contributed by atoms with Gasteiger partial charge >= 0.3 is 30.3 Å². The molecule has 3 aromatic rings. The molecule has 1 heterocycles. The summed E-state index contributed by atoms with van der Waals surface area (Å²) in [6, 6.07) is 10.1. The van der Waals surface area contributed by atoms with E-state index in [-0.39, 0.29) is 12.2 Å². The van der Waals surface area contributed by atoms with E-state index in [1.807, 2.05) is 0 Å². The van der Waals surface area contributed by atoms with E-state index in [1.165, 1.54) is 12.3 Å². The minimum absolute atomic E-state index is 0.261. The van der Waals surface area contributed by atoms with Crippen LogP contribution in [0.25, 0.3) is 0 Å². The van der Waals surface area contributed by atoms with Crippen LogP contribution >= 0.6 is 0 Å². The number of hydrogen-bond donors (Lipinski definition) is 2. The molecule has 0 aliphatic rings. The first-order valence-corrected chi connectivity index (χ1v) is 11.3. The number of nitrogens with zero attached hydrogens (tertiary/aromatic N) is 1. The third-order valence-electron chi connectivity index (χ3n) is 5.27. The first-order chi connectivity index (χ1) is 19.2. The number of ether oxygens (including phenoxy) is 2. The number of aliphatic carboxylic acids is 1. The largest absolute Gasteiger partial charge is 0.478 e. The molecule has 0 saturated heterocycles. The minimum atomic E-state index is -4.86. The predicted octanol–water partition coefficient (Wildman–Crippen LogP) is 4.27. The molecule has 0 saturated carbocycles. The second kappa shape index (κ2) is 12.5. The molecule has 2 N–H and O–H groups in total. The number of halogens is 6. The van der Waals surface area contributed by atoms with Crippen molar-refractivity contribution in [2.75, 3.05) is 0 Å². The van der Waals surface area contributed by atoms with Crippen LogP contribution in [0.2, 0.25) is 0 Å². The third kappa shape index (κ3) is 8.27. The van der Waals surface area contributed by atoms with Crippen LogP contribution < -0.4 is 5.32 Å². The van der Waals surface area contributed by atoms with Gasteiger partial charge in [0.25, 0.3) is 5.91 Å². The molecule has 0 unspecified atom stereocenters. The zero-order chi connectivity index (χ0) is 30.4. The van der Waals surface area contributed by atoms with Gasteiger partial charge in [-0.1, -0.05) is 18.2 Å². The predicted molar refractivity (Wildman–Crippen MR) is 125 cm³/mol. The van der Waals surface area contributed by atoms with E-state index < -0.39 is 70.6 Å². The SMILES string of the molecule is O=C(O[C@@H](C(=O)O)[C@@H](OC(=O)c1cccc(C(F)(F)F)c1)C(=O)NCc1ccccn1)c1cccc(C(F)(F)F)c1. The Kier molecular flexibility index (Phi) is 9.32. The summed E-state index contributed by atoms with van der Waals surface area (Å²) in [5, 5.41) is 11.9. The van der Waals surface area contributed by atoms with Crippen molar-refractivity contribution in [3.63, 3.8) is 0 Å². The van der Waals surface area contributed by atoms with Gasteiger partial charge in [-0.15, -0.1) is 0 Å². The van der Waals surface area contributed by atoms with E-state index >= 15 is 0 Å². The maximum atomic E-state index is 13.1. The highest BCUT2D eigenvalue weighted by Crippen LogP contribution is 2.31. The van der Waals surface area contributed by atoms with Crippen molar-refractivity contribution < 1.29 is 60.1 Å². The lowest BCUT2D eigenvalue weighted by molar-refractivity contribution is -0.159. The second-order valence-electron chi connectivity index (χ2n) is 8.19. The zero-order valence-electron chi connectivity index (χ0n) is 20.4. The normalized spacial score (nSPS) is 13.0. The van der Waals surface area contributed by atoms with Crippen molar-refractivity contribution in [2.45, 2.75) is 31.1 Å². The number of carboxylic acids is 1. The second-order valence-corrected chi connectivity index (χ2v) is 8.19. The Balaban J connectivity index is 1.92. The fourth-order valence-corrected chi connectivity index (χ4v) is 3.29. The molecule has 15 heteroatoms. The van der Waals surface area contributed by atoms with Crippen molar-refractivity contribution in [1.82, 2.24) is 10.3 Å². The monoisotopic (exact) mass is 584 g/mol. The van der Waals surface area contributed by atoms with E-state index in [0.29, 0.717) is 24.3 Å². The molecule has 3 rings (SSSR count). The maximum absolute atomic E-state index is 13.1. The van der Waals surface area contributed by atoms with Crippen molar-refractivity contribution in [3.05, 3.63) is 101 Å². The lowest BCUT2D eigenvalue weighted by Crippen LogP contribution is -2.50. The molecule has 0 fully saturated rings. The van der Waals surface area contributed by atoms with Crippen molar-refractivity contribution in [3.8, 4) is 0 Å². The average Bonchev–Trinajstić information content (AvgIpc) is 2.93. The molecule has 2 atom stereocenters. The van der Waals surface area contributed by atoms with Crippen LogP contribution in [-0.2, 0) is 38.0 Å². The van der Waals surface area contributed by atoms with Crippen LogP contribution in [0.4, 0.5) is 26.3 Å². The molecular weight excluding hydrogens is 566 g/mol. The van der Waals surface area contributed by atoms with Gasteiger partial charge in [0.15, 0.2) is 0 Å². The third-order valence-corrected chi connectivity index (χ3v) is 5.27. The van der Waals surface area contributed by atoms with Gasteiger partial charge in [0.1, 0.15) is 0 Å². The van der Waals surface area contributed by atoms with Crippen molar-refractivity contribution >= 4 is 23.8 Å². The van der Waals surface area contributed by atoms with Crippen molar-refractivity contribution in [1.29, 1.82) is 0 Å². The standard InChI is InChI=1S/C26H18F6N2O7/c27-25(28,29)16-7-3-5-14(11-16)23(38)40-19(21(35)34-13-18-9-1-2-10-33-18)20(22(36)37)41-24(39)15-6-4-8-17(12-15)26(30,31)32/h1-12,19-20H,13H2,(H,34,35)(H,36,37)/t19-,20-/m1/s1. The minimum Gasteiger partial charge on any atom is -0.478 e. The Morgan fingerprint density at radius 1 is 0.756 bits per heavy atom. The maximum Gasteiger partial charge on any atom is 0.416 e. The first kappa shape index (κ1) is 30.6. The average molecular weight is 584 g/mol. The summed E-state index contributed by atoms with van der Waals surface area (Å²) < 4.78 is 88.1. The number of aromatic nitrogens is 1. The van der Waals surface area contributed by atoms with E-state index in [0.717, 1.165) is 24.3 Å². The molecule has 0 spiro atoms. The van der Waals surface area contributed by atoms with E-state index in [2.05, 4.69) is 10.3 Å². The molecule has 0 bridgehead atoms. The van der Waals surface area contributed by atoms with E-state index in [1.54, 1.807) is 12.1 Å². The molecule has 9 nitrogen and oxygen atoms in total. The zero-order valence-corrected chi connectivity index (χ0v) is 20.4. The fourth-order valence-electron chi connectivity index (χ4n) is 3.29. The smallest absolute Gasteiger partial charge is 0.416 e. The molecule has 1 aromatic heterocycles. The lowest BCUT2D eigenvalue weighted by atomic mass is 10.1. The van der Waals surface area contributed by atoms with Gasteiger partial charge in [0, 0.05) is 6.20 Å². The van der Waals surface area contributed by atoms with Gasteiger partial charge in [-0.05, 0) is 48.5 Å². The van der Waals surface area contributed by atoms with Crippen LogP contribution in [0.3, 0.4) is 0 Å². The van der Waals surface area contributed by atoms with Gasteiger partial charge in [-0.2, -0.15) is 26.3 Å². The molecule has 41 heavy (non-hydrogen) atoms. The molecular formula is C26H18F6N2O7. The number of carbonyl (C=O) groups is 4.